The lowest BCUT2D eigenvalue weighted by atomic mass is 9.94. The van der Waals surface area contributed by atoms with E-state index in [2.05, 4.69) is 32.1 Å². The van der Waals surface area contributed by atoms with E-state index in [4.69, 9.17) is 15.2 Å². The molecule has 2 aromatic heterocycles. The molecule has 3 aliphatic heterocycles. The lowest BCUT2D eigenvalue weighted by molar-refractivity contribution is -0.145. The number of β-lactam (4-membered cyclic amide) rings is 1. The van der Waals surface area contributed by atoms with Crippen LogP contribution in [0.4, 0.5) is 10.6 Å². The van der Waals surface area contributed by atoms with Crippen molar-refractivity contribution in [1.82, 2.24) is 34.6 Å². The number of hydrogen-bond donors (Lipinski definition) is 4. The van der Waals surface area contributed by atoms with Gasteiger partial charge in [-0.15, -0.1) is 0 Å². The van der Waals surface area contributed by atoms with Crippen molar-refractivity contribution >= 4 is 34.9 Å². The fraction of sp³-hybridized carbons (Fsp3) is 0.615. The number of aliphatic hydroxyl groups excluding tert-OH is 2. The smallest absolute Gasteiger partial charge is 0.409 e. The third-order valence-electron chi connectivity index (χ3n) is 7.78. The third kappa shape index (κ3) is 5.76. The number of imidazole rings is 1. The first kappa shape index (κ1) is 28.5. The number of nitrogens with two attached hydrogens (primary N) is 1. The van der Waals surface area contributed by atoms with E-state index in [0.717, 1.165) is 12.8 Å². The van der Waals surface area contributed by atoms with Crippen LogP contribution < -0.4 is 11.1 Å². The minimum absolute atomic E-state index is 0.0417. The number of aromatic nitrogens is 4. The van der Waals surface area contributed by atoms with Gasteiger partial charge in [-0.2, -0.15) is 0 Å². The Morgan fingerprint density at radius 2 is 2.00 bits per heavy atom. The van der Waals surface area contributed by atoms with Crippen molar-refractivity contribution in [3.63, 3.8) is 0 Å². The van der Waals surface area contributed by atoms with Crippen molar-refractivity contribution in [3.05, 3.63) is 12.2 Å². The van der Waals surface area contributed by atoms with Crippen LogP contribution in [0.1, 0.15) is 44.7 Å². The number of amides is 3. The van der Waals surface area contributed by atoms with Gasteiger partial charge in [-0.05, 0) is 31.6 Å². The number of piperidine rings is 1. The molecular weight excluding hydrogens is 536 g/mol. The summed E-state index contributed by atoms with van der Waals surface area (Å²) in [7, 11) is 1.70. The third-order valence-corrected chi connectivity index (χ3v) is 7.78. The number of nitrogen functional groups attached to an aromatic ring is 1. The minimum atomic E-state index is -1.44. The standard InChI is InChI=1S/C26H34N8O7/c1-3-28-24(38)21-19(36)20(37)25(41-21)34-13-29-18-22(27)30-16(31-23(18)34)6-4-5-14-7-9-33(10-8-14)26(39)40-12-15-11-17(35)32(15)2/h13-15,19-21,25,36-37H,3,5,7-12H2,1-2H3,(H,28,38)(H2,27,30,31)/t15?,19?,20-,21-,25+/m0/s1. The second kappa shape index (κ2) is 11.9. The predicted octanol–water partition coefficient (Wildman–Crippen LogP) is -1.02. The zero-order valence-electron chi connectivity index (χ0n) is 22.9. The van der Waals surface area contributed by atoms with Crippen molar-refractivity contribution in [2.24, 2.45) is 5.92 Å². The van der Waals surface area contributed by atoms with Gasteiger partial charge in [0.25, 0.3) is 5.91 Å². The molecule has 15 nitrogen and oxygen atoms in total. The summed E-state index contributed by atoms with van der Waals surface area (Å²) in [5, 5.41) is 23.5. The van der Waals surface area contributed by atoms with Gasteiger partial charge in [-0.25, -0.2) is 19.7 Å². The Labute approximate surface area is 236 Å². The summed E-state index contributed by atoms with van der Waals surface area (Å²) >= 11 is 0. The van der Waals surface area contributed by atoms with Gasteiger partial charge in [0, 0.05) is 33.1 Å². The molecule has 5 rings (SSSR count). The average Bonchev–Trinajstić information content (AvgIpc) is 3.51. The van der Waals surface area contributed by atoms with E-state index >= 15 is 0 Å². The maximum Gasteiger partial charge on any atom is 0.409 e. The van der Waals surface area contributed by atoms with E-state index in [0.29, 0.717) is 32.5 Å². The summed E-state index contributed by atoms with van der Waals surface area (Å²) in [6.45, 7) is 3.41. The molecule has 5 N–H and O–H groups in total. The van der Waals surface area contributed by atoms with Crippen LogP contribution >= 0.6 is 0 Å². The lowest BCUT2D eigenvalue weighted by Gasteiger charge is -2.37. The number of carbonyl (C=O) groups excluding carboxylic acids is 3. The summed E-state index contributed by atoms with van der Waals surface area (Å²) in [4.78, 5) is 52.1. The molecule has 0 radical (unpaired) electrons. The SMILES string of the molecule is CCNC(=O)[C@H]1O[C@@H](n2cnc3c(N)nc(C#CCC4CCN(C(=O)OCC5CC(=O)N5C)CC4)nc32)[C@@H](O)C1O. The van der Waals surface area contributed by atoms with Crippen molar-refractivity contribution in [3.8, 4) is 11.8 Å². The highest BCUT2D eigenvalue weighted by molar-refractivity contribution is 5.83. The van der Waals surface area contributed by atoms with Gasteiger partial charge in [0.15, 0.2) is 23.8 Å². The average molecular weight is 571 g/mol. The fourth-order valence-electron chi connectivity index (χ4n) is 5.16. The largest absolute Gasteiger partial charge is 0.447 e. The van der Waals surface area contributed by atoms with Gasteiger partial charge >= 0.3 is 6.09 Å². The molecule has 0 bridgehead atoms. The summed E-state index contributed by atoms with van der Waals surface area (Å²) in [6, 6.07) is -0.0417. The molecule has 0 aromatic carbocycles. The molecular formula is C26H34N8O7. The molecule has 15 heteroatoms. The predicted molar refractivity (Wildman–Crippen MR) is 143 cm³/mol. The Morgan fingerprint density at radius 3 is 2.68 bits per heavy atom. The van der Waals surface area contributed by atoms with Crippen LogP contribution in [0.3, 0.4) is 0 Å². The molecule has 0 spiro atoms. The van der Waals surface area contributed by atoms with Crippen LogP contribution in [0, 0.1) is 17.8 Å². The second-order valence-corrected chi connectivity index (χ2v) is 10.5. The topological polar surface area (TPSA) is 198 Å². The van der Waals surface area contributed by atoms with E-state index in [1.165, 1.54) is 10.9 Å². The first-order valence-corrected chi connectivity index (χ1v) is 13.6. The summed E-state index contributed by atoms with van der Waals surface area (Å²) in [5.41, 5.74) is 6.62. The maximum atomic E-state index is 12.4. The molecule has 3 saturated heterocycles. The number of hydrogen-bond acceptors (Lipinski definition) is 11. The fourth-order valence-corrected chi connectivity index (χ4v) is 5.16. The lowest BCUT2D eigenvalue weighted by Crippen LogP contribution is -2.53. The molecule has 3 amide bonds. The summed E-state index contributed by atoms with van der Waals surface area (Å²) < 4.78 is 12.5. The Bertz CT molecular complexity index is 1380. The number of nitrogens with zero attached hydrogens (tertiary/aromatic N) is 6. The van der Waals surface area contributed by atoms with Gasteiger partial charge in [0.1, 0.15) is 24.3 Å². The molecule has 5 heterocycles. The molecule has 0 aliphatic carbocycles. The van der Waals surface area contributed by atoms with Crippen molar-refractivity contribution in [2.45, 2.75) is 63.2 Å². The van der Waals surface area contributed by atoms with Crippen LogP contribution in [-0.2, 0) is 19.1 Å². The van der Waals surface area contributed by atoms with E-state index in [-0.39, 0.29) is 53.4 Å². The molecule has 3 fully saturated rings. The van der Waals surface area contributed by atoms with Gasteiger partial charge in [-0.3, -0.25) is 14.2 Å². The number of likely N-dealkylation sites (tertiary alicyclic amines) is 2. The molecule has 220 valence electrons. The van der Waals surface area contributed by atoms with E-state index < -0.39 is 30.4 Å². The minimum Gasteiger partial charge on any atom is -0.447 e. The first-order valence-electron chi connectivity index (χ1n) is 13.6. The Kier molecular flexibility index (Phi) is 8.25. The molecule has 2 unspecified atom stereocenters. The summed E-state index contributed by atoms with van der Waals surface area (Å²) in [6.07, 6.45) is -1.70. The summed E-state index contributed by atoms with van der Waals surface area (Å²) in [5.74, 6) is 6.09. The number of fused-ring (bicyclic) bond motifs is 1. The molecule has 5 atom stereocenters. The van der Waals surface area contributed by atoms with Crippen molar-refractivity contribution in [2.75, 3.05) is 39.0 Å². The number of nitrogens with one attached hydrogen (secondary N) is 1. The number of ether oxygens (including phenoxy) is 2. The Morgan fingerprint density at radius 1 is 1.24 bits per heavy atom. The van der Waals surface area contributed by atoms with Gasteiger partial charge in [0.2, 0.25) is 11.7 Å². The zero-order chi connectivity index (χ0) is 29.3. The Hall–Kier alpha value is -4.00. The van der Waals surface area contributed by atoms with Crippen LogP contribution in [0.25, 0.3) is 11.2 Å². The number of rotatable bonds is 6. The van der Waals surface area contributed by atoms with Crippen molar-refractivity contribution in [1.29, 1.82) is 0 Å². The molecule has 0 saturated carbocycles. The van der Waals surface area contributed by atoms with Crippen LogP contribution in [-0.4, -0.2) is 115 Å². The second-order valence-electron chi connectivity index (χ2n) is 10.5. The Balaban J connectivity index is 1.18. The highest BCUT2D eigenvalue weighted by Gasteiger charge is 2.47. The molecule has 2 aromatic rings. The van der Waals surface area contributed by atoms with Gasteiger partial charge in [0.05, 0.1) is 18.8 Å². The van der Waals surface area contributed by atoms with E-state index in [1.54, 1.807) is 23.8 Å². The van der Waals surface area contributed by atoms with Gasteiger partial charge in [-0.1, -0.05) is 5.92 Å². The number of anilines is 1. The number of carbonyl (C=O) groups is 3. The highest BCUT2D eigenvalue weighted by atomic mass is 16.6. The molecule has 41 heavy (non-hydrogen) atoms. The zero-order valence-corrected chi connectivity index (χ0v) is 22.9. The van der Waals surface area contributed by atoms with E-state index in [9.17, 15) is 24.6 Å². The molecule has 3 aliphatic rings. The maximum absolute atomic E-state index is 12.4. The van der Waals surface area contributed by atoms with Crippen molar-refractivity contribution < 1.29 is 34.1 Å². The quantitative estimate of drug-likeness (QED) is 0.245. The number of aliphatic hydroxyl groups is 2. The van der Waals surface area contributed by atoms with E-state index in [1.807, 2.05) is 0 Å². The van der Waals surface area contributed by atoms with Crippen LogP contribution in [0.15, 0.2) is 6.33 Å². The normalized spacial score (nSPS) is 26.4. The number of likely N-dealkylation sites (N-methyl/N-ethyl adjacent to an activating group) is 2. The first-order chi connectivity index (χ1) is 19.7. The monoisotopic (exact) mass is 570 g/mol. The van der Waals surface area contributed by atoms with Crippen LogP contribution in [0.2, 0.25) is 0 Å². The van der Waals surface area contributed by atoms with Crippen LogP contribution in [0.5, 0.6) is 0 Å². The highest BCUT2D eigenvalue weighted by Crippen LogP contribution is 2.32. The van der Waals surface area contributed by atoms with Gasteiger partial charge < -0.3 is 40.5 Å².